The minimum absolute atomic E-state index is 0.0574. The summed E-state index contributed by atoms with van der Waals surface area (Å²) in [5.41, 5.74) is 6.25. The summed E-state index contributed by atoms with van der Waals surface area (Å²) in [6.07, 6.45) is 6.10. The van der Waals surface area contributed by atoms with Crippen LogP contribution in [0.25, 0.3) is 0 Å². The Balaban J connectivity index is 3.50. The maximum absolute atomic E-state index is 6.19. The van der Waals surface area contributed by atoms with Crippen LogP contribution in [0.2, 0.25) is 13.1 Å². The van der Waals surface area contributed by atoms with E-state index in [2.05, 4.69) is 34.9 Å². The zero-order valence-corrected chi connectivity index (χ0v) is 9.77. The van der Waals surface area contributed by atoms with E-state index in [1.165, 1.54) is 25.6 Å². The predicted octanol–water partition coefficient (Wildman–Crippen LogP) is 3.09. The second kappa shape index (κ2) is 6.47. The molecular formula is C11H25BN. The monoisotopic (exact) mass is 182 g/mol. The smallest absolute Gasteiger partial charge is 0.105 e. The first-order valence-electron chi connectivity index (χ1n) is 5.54. The van der Waals surface area contributed by atoms with Crippen LogP contribution in [0, 0.1) is 5.92 Å². The standard InChI is InChI=1S/C11H25BN/c1-10(2)9-11(3,13)7-5-6-8-12-4/h10H,5-9,13H2,1-4H3. The van der Waals surface area contributed by atoms with Crippen LogP contribution in [-0.2, 0) is 0 Å². The molecule has 0 fully saturated rings. The van der Waals surface area contributed by atoms with Crippen LogP contribution in [0.1, 0.15) is 46.5 Å². The van der Waals surface area contributed by atoms with E-state index in [4.69, 9.17) is 5.73 Å². The minimum atomic E-state index is 0.0574. The third-order valence-electron chi connectivity index (χ3n) is 2.37. The van der Waals surface area contributed by atoms with Gasteiger partial charge in [0.25, 0.3) is 0 Å². The Morgan fingerprint density at radius 1 is 1.31 bits per heavy atom. The number of unbranched alkanes of at least 4 members (excludes halogenated alkanes) is 1. The van der Waals surface area contributed by atoms with Crippen LogP contribution in [0.15, 0.2) is 0 Å². The molecule has 0 bridgehead atoms. The Morgan fingerprint density at radius 2 is 1.92 bits per heavy atom. The van der Waals surface area contributed by atoms with E-state index >= 15 is 0 Å². The van der Waals surface area contributed by atoms with Gasteiger partial charge < -0.3 is 5.73 Å². The fraction of sp³-hybridized carbons (Fsp3) is 1.00. The number of hydrogen-bond acceptors (Lipinski definition) is 1. The summed E-state index contributed by atoms with van der Waals surface area (Å²) >= 11 is 0. The van der Waals surface area contributed by atoms with Crippen molar-refractivity contribution >= 4 is 7.28 Å². The summed E-state index contributed by atoms with van der Waals surface area (Å²) in [6, 6.07) is 0. The van der Waals surface area contributed by atoms with Gasteiger partial charge >= 0.3 is 0 Å². The Kier molecular flexibility index (Phi) is 6.49. The summed E-state index contributed by atoms with van der Waals surface area (Å²) in [5.74, 6) is 0.715. The second-order valence-corrected chi connectivity index (χ2v) is 4.91. The van der Waals surface area contributed by atoms with Crippen molar-refractivity contribution in [1.29, 1.82) is 0 Å². The zero-order valence-electron chi connectivity index (χ0n) is 9.77. The fourth-order valence-electron chi connectivity index (χ4n) is 1.91. The van der Waals surface area contributed by atoms with Crippen LogP contribution in [-0.4, -0.2) is 12.8 Å². The van der Waals surface area contributed by atoms with Gasteiger partial charge in [-0.25, -0.2) is 0 Å². The molecule has 0 saturated heterocycles. The molecule has 2 N–H and O–H groups in total. The van der Waals surface area contributed by atoms with Gasteiger partial charge in [0.05, 0.1) is 0 Å². The lowest BCUT2D eigenvalue weighted by Crippen LogP contribution is -2.37. The van der Waals surface area contributed by atoms with Gasteiger partial charge in [0.2, 0.25) is 0 Å². The summed E-state index contributed by atoms with van der Waals surface area (Å²) in [7, 11) is 2.23. The van der Waals surface area contributed by atoms with Gasteiger partial charge in [-0.3, -0.25) is 0 Å². The number of rotatable bonds is 7. The molecule has 0 spiro atoms. The van der Waals surface area contributed by atoms with E-state index in [-0.39, 0.29) is 5.54 Å². The fourth-order valence-corrected chi connectivity index (χ4v) is 1.91. The van der Waals surface area contributed by atoms with Crippen molar-refractivity contribution in [3.8, 4) is 0 Å². The first-order chi connectivity index (χ1) is 5.98. The highest BCUT2D eigenvalue weighted by molar-refractivity contribution is 6.33. The van der Waals surface area contributed by atoms with Crippen molar-refractivity contribution in [2.45, 2.75) is 65.1 Å². The Labute approximate surface area is 84.7 Å². The lowest BCUT2D eigenvalue weighted by Gasteiger charge is -2.26. The van der Waals surface area contributed by atoms with Crippen LogP contribution >= 0.6 is 0 Å². The average Bonchev–Trinajstić information content (AvgIpc) is 1.95. The molecule has 1 atom stereocenters. The molecule has 77 valence electrons. The Bertz CT molecular complexity index is 121. The molecule has 13 heavy (non-hydrogen) atoms. The van der Waals surface area contributed by atoms with Gasteiger partial charge in [0.15, 0.2) is 0 Å². The van der Waals surface area contributed by atoms with Gasteiger partial charge in [-0.15, -0.1) is 0 Å². The molecule has 0 aromatic heterocycles. The predicted molar refractivity (Wildman–Crippen MR) is 62.3 cm³/mol. The summed E-state index contributed by atoms with van der Waals surface area (Å²) in [6.45, 7) is 8.79. The van der Waals surface area contributed by atoms with Gasteiger partial charge in [-0.1, -0.05) is 39.8 Å². The number of hydrogen-bond donors (Lipinski definition) is 1. The molecule has 0 aromatic rings. The van der Waals surface area contributed by atoms with Crippen LogP contribution < -0.4 is 5.73 Å². The Hall–Kier alpha value is 0.0249. The largest absolute Gasteiger partial charge is 0.325 e. The molecule has 2 heteroatoms. The third-order valence-corrected chi connectivity index (χ3v) is 2.37. The van der Waals surface area contributed by atoms with E-state index < -0.39 is 0 Å². The molecule has 0 saturated carbocycles. The van der Waals surface area contributed by atoms with Crippen molar-refractivity contribution in [2.75, 3.05) is 0 Å². The van der Waals surface area contributed by atoms with Gasteiger partial charge in [0.1, 0.15) is 7.28 Å². The van der Waals surface area contributed by atoms with E-state index in [1.54, 1.807) is 0 Å². The molecule has 1 nitrogen and oxygen atoms in total. The van der Waals surface area contributed by atoms with E-state index in [0.717, 1.165) is 6.42 Å². The third kappa shape index (κ3) is 8.36. The SMILES string of the molecule is C[B]CCCCC(C)(N)CC(C)C. The molecule has 0 heterocycles. The first-order valence-corrected chi connectivity index (χ1v) is 5.54. The lowest BCUT2D eigenvalue weighted by atomic mass is 9.75. The van der Waals surface area contributed by atoms with E-state index in [0.29, 0.717) is 5.92 Å². The minimum Gasteiger partial charge on any atom is -0.325 e. The maximum atomic E-state index is 6.19. The molecule has 0 aliphatic heterocycles. The molecular weight excluding hydrogens is 157 g/mol. The quantitative estimate of drug-likeness (QED) is 0.475. The van der Waals surface area contributed by atoms with Crippen molar-refractivity contribution in [3.63, 3.8) is 0 Å². The highest BCUT2D eigenvalue weighted by Gasteiger charge is 2.18. The lowest BCUT2D eigenvalue weighted by molar-refractivity contribution is 0.338. The molecule has 0 aromatic carbocycles. The van der Waals surface area contributed by atoms with Gasteiger partial charge in [0, 0.05) is 5.54 Å². The molecule has 0 amide bonds. The maximum Gasteiger partial charge on any atom is 0.105 e. The van der Waals surface area contributed by atoms with Gasteiger partial charge in [-0.05, 0) is 25.7 Å². The molecule has 0 aliphatic rings. The summed E-state index contributed by atoms with van der Waals surface area (Å²) < 4.78 is 0. The summed E-state index contributed by atoms with van der Waals surface area (Å²) in [4.78, 5) is 0. The van der Waals surface area contributed by atoms with Crippen molar-refractivity contribution in [3.05, 3.63) is 0 Å². The van der Waals surface area contributed by atoms with Crippen molar-refractivity contribution in [2.24, 2.45) is 11.7 Å². The average molecular weight is 182 g/mol. The molecule has 1 unspecified atom stereocenters. The van der Waals surface area contributed by atoms with Crippen LogP contribution in [0.4, 0.5) is 0 Å². The van der Waals surface area contributed by atoms with Gasteiger partial charge in [-0.2, -0.15) is 0 Å². The van der Waals surface area contributed by atoms with Crippen LogP contribution in [0.5, 0.6) is 0 Å². The highest BCUT2D eigenvalue weighted by atomic mass is 14.7. The van der Waals surface area contributed by atoms with Crippen LogP contribution in [0.3, 0.4) is 0 Å². The highest BCUT2D eigenvalue weighted by Crippen LogP contribution is 2.20. The zero-order chi connectivity index (χ0) is 10.3. The Morgan fingerprint density at radius 3 is 2.38 bits per heavy atom. The number of nitrogens with two attached hydrogens (primary N) is 1. The summed E-state index contributed by atoms with van der Waals surface area (Å²) in [5, 5.41) is 0. The topological polar surface area (TPSA) is 26.0 Å². The van der Waals surface area contributed by atoms with E-state index in [9.17, 15) is 0 Å². The first kappa shape index (κ1) is 13.0. The normalized spacial score (nSPS) is 15.8. The molecule has 0 rings (SSSR count). The molecule has 0 aliphatic carbocycles. The van der Waals surface area contributed by atoms with Crippen molar-refractivity contribution in [1.82, 2.24) is 0 Å². The van der Waals surface area contributed by atoms with E-state index in [1.807, 2.05) is 0 Å². The second-order valence-electron chi connectivity index (χ2n) is 4.91. The van der Waals surface area contributed by atoms with Crippen molar-refractivity contribution < 1.29 is 0 Å². The molecule has 1 radical (unpaired) electrons.